The van der Waals surface area contributed by atoms with E-state index in [9.17, 15) is 9.59 Å². The number of ether oxygens (including phenoxy) is 2. The van der Waals surface area contributed by atoms with Crippen molar-refractivity contribution in [3.8, 4) is 0 Å². The molecular weight excluding hydrogens is 547 g/mol. The molecule has 1 N–H and O–H groups in total. The van der Waals surface area contributed by atoms with E-state index in [1.54, 1.807) is 4.90 Å². The average Bonchev–Trinajstić information content (AvgIpc) is 3.07. The minimum Gasteiger partial charge on any atom is -0.444 e. The molecule has 2 aliphatic rings. The van der Waals surface area contributed by atoms with Crippen molar-refractivity contribution >= 4 is 34.8 Å². The third kappa shape index (κ3) is 10.1. The van der Waals surface area contributed by atoms with Crippen LogP contribution in [0.15, 0.2) is 0 Å². The summed E-state index contributed by atoms with van der Waals surface area (Å²) in [5, 5.41) is 8.97. The van der Waals surface area contributed by atoms with Crippen molar-refractivity contribution in [1.82, 2.24) is 9.80 Å². The molecule has 0 spiro atoms. The van der Waals surface area contributed by atoms with Gasteiger partial charge in [0, 0.05) is 30.8 Å². The maximum absolute atomic E-state index is 12.1. The number of amides is 2. The zero-order valence-corrected chi connectivity index (χ0v) is 25.3. The van der Waals surface area contributed by atoms with Crippen LogP contribution in [0.3, 0.4) is 0 Å². The van der Waals surface area contributed by atoms with Crippen molar-refractivity contribution in [2.45, 2.75) is 117 Å². The summed E-state index contributed by atoms with van der Waals surface area (Å²) in [5.74, 6) is 0.997. The van der Waals surface area contributed by atoms with E-state index in [1.807, 2.05) is 60.3 Å². The molecule has 2 amide bonds. The number of aliphatic hydroxyl groups excluding tert-OH is 1. The molecule has 2 rings (SSSR count). The third-order valence-corrected chi connectivity index (χ3v) is 6.82. The first-order valence-electron chi connectivity index (χ1n) is 12.5. The van der Waals surface area contributed by atoms with Crippen LogP contribution in [0.4, 0.5) is 9.59 Å². The minimum atomic E-state index is -0.456. The monoisotopic (exact) mass is 596 g/mol. The van der Waals surface area contributed by atoms with Crippen molar-refractivity contribution < 1.29 is 24.2 Å². The van der Waals surface area contributed by atoms with Crippen LogP contribution in [0.5, 0.6) is 0 Å². The molecule has 2 saturated heterocycles. The number of halogens is 1. The fourth-order valence-electron chi connectivity index (χ4n) is 4.77. The summed E-state index contributed by atoms with van der Waals surface area (Å²) in [5.41, 5.74) is -1.11. The van der Waals surface area contributed by atoms with E-state index >= 15 is 0 Å². The van der Waals surface area contributed by atoms with E-state index in [2.05, 4.69) is 36.4 Å². The Kier molecular flexibility index (Phi) is 11.0. The van der Waals surface area contributed by atoms with E-state index in [1.165, 1.54) is 6.42 Å². The molecule has 2 fully saturated rings. The van der Waals surface area contributed by atoms with Crippen molar-refractivity contribution in [1.29, 1.82) is 0 Å². The highest BCUT2D eigenvalue weighted by molar-refractivity contribution is 14.1. The summed E-state index contributed by atoms with van der Waals surface area (Å²) >= 11 is 2.40. The summed E-state index contributed by atoms with van der Waals surface area (Å²) in [7, 11) is 0. The van der Waals surface area contributed by atoms with Gasteiger partial charge in [-0.1, -0.05) is 22.6 Å². The molecule has 0 aromatic rings. The van der Waals surface area contributed by atoms with Crippen LogP contribution in [0.1, 0.15) is 94.9 Å². The van der Waals surface area contributed by atoms with Gasteiger partial charge in [-0.2, -0.15) is 0 Å². The summed E-state index contributed by atoms with van der Waals surface area (Å²) in [6, 6.07) is 0. The van der Waals surface area contributed by atoms with E-state index in [4.69, 9.17) is 14.6 Å². The SMILES string of the molecule is CC(C)(C)OC(=O)N1C[C@@H](CCI)CC1(C)C.CC(C)(C)OC(=O)N1C[C@@H](CCO)CC1(C)C. The minimum absolute atomic E-state index is 0.0706. The second kappa shape index (κ2) is 12.0. The van der Waals surface area contributed by atoms with Crippen LogP contribution in [0, 0.1) is 11.8 Å². The Balaban J connectivity index is 0.000000340. The summed E-state index contributed by atoms with van der Waals surface area (Å²) in [6.45, 7) is 21.4. The molecule has 0 unspecified atom stereocenters. The Hall–Kier alpha value is -0.770. The highest BCUT2D eigenvalue weighted by Gasteiger charge is 2.43. The van der Waals surface area contributed by atoms with Gasteiger partial charge in [-0.05, 0) is 111 Å². The van der Waals surface area contributed by atoms with Crippen LogP contribution in [0.2, 0.25) is 0 Å². The molecule has 2 atom stereocenters. The molecule has 8 heteroatoms. The average molecular weight is 597 g/mol. The fraction of sp³-hybridized carbons (Fsp3) is 0.923. The summed E-state index contributed by atoms with van der Waals surface area (Å²) in [4.78, 5) is 27.9. The van der Waals surface area contributed by atoms with Gasteiger partial charge in [0.15, 0.2) is 0 Å². The molecule has 2 heterocycles. The number of carbonyl (C=O) groups excluding carboxylic acids is 2. The van der Waals surface area contributed by atoms with Crippen LogP contribution in [-0.4, -0.2) is 73.5 Å². The largest absolute Gasteiger partial charge is 0.444 e. The first kappa shape index (κ1) is 31.3. The first-order valence-corrected chi connectivity index (χ1v) is 14.0. The second-order valence-corrected chi connectivity index (χ2v) is 14.0. The fourth-order valence-corrected chi connectivity index (χ4v) is 5.65. The Bertz CT molecular complexity index is 624. The van der Waals surface area contributed by atoms with Crippen molar-refractivity contribution in [3.63, 3.8) is 0 Å². The van der Waals surface area contributed by atoms with E-state index in [-0.39, 0.29) is 29.9 Å². The van der Waals surface area contributed by atoms with Crippen LogP contribution >= 0.6 is 22.6 Å². The Labute approximate surface area is 221 Å². The highest BCUT2D eigenvalue weighted by atomic mass is 127. The normalized spacial score (nSPS) is 23.9. The lowest BCUT2D eigenvalue weighted by atomic mass is 9.95. The molecule has 200 valence electrons. The number of rotatable bonds is 4. The van der Waals surface area contributed by atoms with Crippen LogP contribution in [0.25, 0.3) is 0 Å². The quantitative estimate of drug-likeness (QED) is 0.307. The zero-order chi connectivity index (χ0) is 26.5. The van der Waals surface area contributed by atoms with E-state index in [0.29, 0.717) is 18.4 Å². The van der Waals surface area contributed by atoms with E-state index < -0.39 is 11.2 Å². The van der Waals surface area contributed by atoms with Gasteiger partial charge in [0.25, 0.3) is 0 Å². The second-order valence-electron chi connectivity index (χ2n) is 12.9. The van der Waals surface area contributed by atoms with Gasteiger partial charge >= 0.3 is 12.2 Å². The maximum Gasteiger partial charge on any atom is 0.410 e. The molecule has 7 nitrogen and oxygen atoms in total. The Morgan fingerprint density at radius 2 is 1.18 bits per heavy atom. The standard InChI is InChI=1S/C13H24INO2.C13H25NO3/c1-12(2,3)17-11(16)15-9-10(6-7-14)8-13(15,4)5;1-12(2,3)17-11(16)14-9-10(6-7-15)8-13(14,4)5/h10H,6-9H2,1-5H3;10,15H,6-9H2,1-5H3/t2*10-/m00/s1. The maximum atomic E-state index is 12.1. The number of hydrogen-bond acceptors (Lipinski definition) is 5. The zero-order valence-electron chi connectivity index (χ0n) is 23.2. The number of likely N-dealkylation sites (tertiary alicyclic amines) is 2. The number of alkyl halides is 1. The van der Waals surface area contributed by atoms with Gasteiger partial charge in [-0.25, -0.2) is 9.59 Å². The van der Waals surface area contributed by atoms with Crippen molar-refractivity contribution in [2.24, 2.45) is 11.8 Å². The lowest BCUT2D eigenvalue weighted by molar-refractivity contribution is 0.0118. The smallest absolute Gasteiger partial charge is 0.410 e. The predicted octanol–water partition coefficient (Wildman–Crippen LogP) is 6.25. The van der Waals surface area contributed by atoms with E-state index in [0.717, 1.165) is 30.2 Å². The number of hydrogen-bond donors (Lipinski definition) is 1. The van der Waals surface area contributed by atoms with Gasteiger partial charge in [0.05, 0.1) is 0 Å². The summed E-state index contributed by atoms with van der Waals surface area (Å²) in [6.07, 6.45) is 3.52. The third-order valence-electron chi connectivity index (χ3n) is 6.20. The van der Waals surface area contributed by atoms with Gasteiger partial charge < -0.3 is 24.4 Å². The number of nitrogens with zero attached hydrogens (tertiary/aromatic N) is 2. The Morgan fingerprint density at radius 3 is 1.47 bits per heavy atom. The Morgan fingerprint density at radius 1 is 0.824 bits per heavy atom. The molecule has 0 aromatic heterocycles. The topological polar surface area (TPSA) is 79.3 Å². The molecule has 34 heavy (non-hydrogen) atoms. The predicted molar refractivity (Wildman–Crippen MR) is 145 cm³/mol. The molecule has 0 aliphatic carbocycles. The molecule has 0 radical (unpaired) electrons. The molecule has 0 bridgehead atoms. The summed E-state index contributed by atoms with van der Waals surface area (Å²) < 4.78 is 12.0. The molecule has 2 aliphatic heterocycles. The first-order chi connectivity index (χ1) is 15.3. The number of carbonyl (C=O) groups is 2. The molecular formula is C26H49IN2O5. The lowest BCUT2D eigenvalue weighted by Crippen LogP contribution is -2.45. The van der Waals surface area contributed by atoms with Crippen LogP contribution < -0.4 is 0 Å². The van der Waals surface area contributed by atoms with Gasteiger partial charge in [-0.3, -0.25) is 0 Å². The van der Waals surface area contributed by atoms with Gasteiger partial charge in [0.1, 0.15) is 11.2 Å². The highest BCUT2D eigenvalue weighted by Crippen LogP contribution is 2.36. The van der Waals surface area contributed by atoms with Gasteiger partial charge in [0.2, 0.25) is 0 Å². The van der Waals surface area contributed by atoms with Crippen molar-refractivity contribution in [2.75, 3.05) is 24.1 Å². The van der Waals surface area contributed by atoms with Gasteiger partial charge in [-0.15, -0.1) is 0 Å². The van der Waals surface area contributed by atoms with Crippen molar-refractivity contribution in [3.05, 3.63) is 0 Å². The molecule has 0 saturated carbocycles. The number of aliphatic hydroxyl groups is 1. The lowest BCUT2D eigenvalue weighted by Gasteiger charge is -2.33. The van der Waals surface area contributed by atoms with Crippen LogP contribution in [-0.2, 0) is 9.47 Å². The molecule has 0 aromatic carbocycles.